The first-order chi connectivity index (χ1) is 10.5. The molecule has 2 atom stereocenters. The van der Waals surface area contributed by atoms with E-state index >= 15 is 0 Å². The fourth-order valence-electron chi connectivity index (χ4n) is 2.74. The molecule has 2 unspecified atom stereocenters. The van der Waals surface area contributed by atoms with Gasteiger partial charge in [0.25, 0.3) is 0 Å². The number of likely N-dealkylation sites (tertiary alicyclic amines) is 1. The smallest absolute Gasteiger partial charge is 0.175 e. The van der Waals surface area contributed by atoms with Gasteiger partial charge in [-0.15, -0.1) is 0 Å². The Morgan fingerprint density at radius 3 is 2.77 bits per heavy atom. The standard InChI is InChI=1S/C17H25BrN2O2/c1-4-6-22-17-14(18)7-13(8-16(17)21-5-2)10-20-9-12(3)15(19)11-20/h4,7-8,12,15H,1,5-6,9-11,19H2,2-3H3. The van der Waals surface area contributed by atoms with Gasteiger partial charge in [-0.25, -0.2) is 0 Å². The van der Waals surface area contributed by atoms with Gasteiger partial charge in [0.15, 0.2) is 11.5 Å². The topological polar surface area (TPSA) is 47.7 Å². The highest BCUT2D eigenvalue weighted by molar-refractivity contribution is 9.10. The molecule has 122 valence electrons. The number of nitrogens with zero attached hydrogens (tertiary/aromatic N) is 1. The number of halogens is 1. The molecule has 1 heterocycles. The molecule has 2 N–H and O–H groups in total. The molecule has 0 aromatic heterocycles. The van der Waals surface area contributed by atoms with Crippen LogP contribution in [-0.2, 0) is 6.54 Å². The molecule has 1 aliphatic heterocycles. The number of hydrogen-bond acceptors (Lipinski definition) is 4. The Morgan fingerprint density at radius 2 is 2.18 bits per heavy atom. The summed E-state index contributed by atoms with van der Waals surface area (Å²) in [6.45, 7) is 11.8. The fraction of sp³-hybridized carbons (Fsp3) is 0.529. The Bertz CT molecular complexity index is 512. The molecule has 5 heteroatoms. The van der Waals surface area contributed by atoms with Crippen LogP contribution in [0.3, 0.4) is 0 Å². The van der Waals surface area contributed by atoms with Gasteiger partial charge in [0, 0.05) is 25.7 Å². The zero-order valence-corrected chi connectivity index (χ0v) is 14.9. The van der Waals surface area contributed by atoms with Crippen molar-refractivity contribution in [3.05, 3.63) is 34.8 Å². The van der Waals surface area contributed by atoms with Crippen molar-refractivity contribution in [2.24, 2.45) is 11.7 Å². The highest BCUT2D eigenvalue weighted by Crippen LogP contribution is 2.37. The average Bonchev–Trinajstić information content (AvgIpc) is 2.76. The quantitative estimate of drug-likeness (QED) is 0.750. The van der Waals surface area contributed by atoms with Crippen LogP contribution in [0.15, 0.2) is 29.3 Å². The molecule has 4 nitrogen and oxygen atoms in total. The van der Waals surface area contributed by atoms with Crippen LogP contribution in [0.4, 0.5) is 0 Å². The van der Waals surface area contributed by atoms with Gasteiger partial charge >= 0.3 is 0 Å². The maximum absolute atomic E-state index is 6.10. The van der Waals surface area contributed by atoms with Gasteiger partial charge in [-0.2, -0.15) is 0 Å². The highest BCUT2D eigenvalue weighted by atomic mass is 79.9. The number of ether oxygens (including phenoxy) is 2. The van der Waals surface area contributed by atoms with E-state index in [-0.39, 0.29) is 6.04 Å². The predicted molar refractivity (Wildman–Crippen MR) is 93.4 cm³/mol. The van der Waals surface area contributed by atoms with Crippen molar-refractivity contribution < 1.29 is 9.47 Å². The van der Waals surface area contributed by atoms with Gasteiger partial charge in [0.05, 0.1) is 11.1 Å². The maximum atomic E-state index is 6.10. The van der Waals surface area contributed by atoms with Crippen molar-refractivity contribution in [1.29, 1.82) is 0 Å². The number of hydrogen-bond donors (Lipinski definition) is 1. The van der Waals surface area contributed by atoms with Crippen molar-refractivity contribution in [2.45, 2.75) is 26.4 Å². The van der Waals surface area contributed by atoms with E-state index in [4.69, 9.17) is 15.2 Å². The molecule has 22 heavy (non-hydrogen) atoms. The molecule has 0 bridgehead atoms. The molecular formula is C17H25BrN2O2. The van der Waals surface area contributed by atoms with Gasteiger partial charge < -0.3 is 15.2 Å². The Labute approximate surface area is 141 Å². The van der Waals surface area contributed by atoms with Crippen molar-refractivity contribution >= 4 is 15.9 Å². The van der Waals surface area contributed by atoms with E-state index in [1.807, 2.05) is 6.92 Å². The molecule has 0 spiro atoms. The summed E-state index contributed by atoms with van der Waals surface area (Å²) in [5.41, 5.74) is 7.30. The zero-order valence-electron chi connectivity index (χ0n) is 13.3. The minimum atomic E-state index is 0.269. The second kappa shape index (κ2) is 7.99. The molecule has 2 rings (SSSR count). The molecule has 0 amide bonds. The van der Waals surface area contributed by atoms with Crippen LogP contribution in [0.2, 0.25) is 0 Å². The molecule has 0 radical (unpaired) electrons. The van der Waals surface area contributed by atoms with Crippen LogP contribution in [-0.4, -0.2) is 37.2 Å². The van der Waals surface area contributed by atoms with Gasteiger partial charge in [0.1, 0.15) is 6.61 Å². The summed E-state index contributed by atoms with van der Waals surface area (Å²) >= 11 is 3.59. The summed E-state index contributed by atoms with van der Waals surface area (Å²) < 4.78 is 12.3. The van der Waals surface area contributed by atoms with Gasteiger partial charge in [-0.05, 0) is 46.5 Å². The SMILES string of the molecule is C=CCOc1c(Br)cc(CN2CC(C)C(N)C2)cc1OCC. The molecule has 1 aromatic carbocycles. The predicted octanol–water partition coefficient (Wildman–Crippen LogP) is 3.19. The third-order valence-corrected chi connectivity index (χ3v) is 4.46. The third kappa shape index (κ3) is 4.24. The number of nitrogens with two attached hydrogens (primary N) is 1. The average molecular weight is 369 g/mol. The molecule has 0 aliphatic carbocycles. The van der Waals surface area contributed by atoms with Gasteiger partial charge in [0.2, 0.25) is 0 Å². The van der Waals surface area contributed by atoms with Crippen molar-refractivity contribution in [3.63, 3.8) is 0 Å². The maximum Gasteiger partial charge on any atom is 0.175 e. The molecular weight excluding hydrogens is 344 g/mol. The van der Waals surface area contributed by atoms with Crippen LogP contribution in [0.25, 0.3) is 0 Å². The summed E-state index contributed by atoms with van der Waals surface area (Å²) in [4.78, 5) is 2.39. The second-order valence-electron chi connectivity index (χ2n) is 5.77. The van der Waals surface area contributed by atoms with Crippen LogP contribution in [0.1, 0.15) is 19.4 Å². The fourth-order valence-corrected chi connectivity index (χ4v) is 3.34. The number of benzene rings is 1. The van der Waals surface area contributed by atoms with Crippen LogP contribution in [0.5, 0.6) is 11.5 Å². The zero-order chi connectivity index (χ0) is 16.1. The van der Waals surface area contributed by atoms with E-state index in [0.29, 0.717) is 19.1 Å². The summed E-state index contributed by atoms with van der Waals surface area (Å²) in [6.07, 6.45) is 1.73. The molecule has 1 saturated heterocycles. The van der Waals surface area contributed by atoms with Gasteiger partial charge in [-0.1, -0.05) is 19.6 Å². The Kier molecular flexibility index (Phi) is 6.29. The summed E-state index contributed by atoms with van der Waals surface area (Å²) in [5, 5.41) is 0. The van der Waals surface area contributed by atoms with Crippen molar-refractivity contribution in [3.8, 4) is 11.5 Å². The number of rotatable bonds is 7. The van der Waals surface area contributed by atoms with E-state index in [2.05, 4.69) is 46.5 Å². The van der Waals surface area contributed by atoms with Crippen LogP contribution in [0, 0.1) is 5.92 Å². The van der Waals surface area contributed by atoms with Crippen molar-refractivity contribution in [2.75, 3.05) is 26.3 Å². The van der Waals surface area contributed by atoms with E-state index in [1.54, 1.807) is 6.08 Å². The second-order valence-corrected chi connectivity index (χ2v) is 6.63. The minimum Gasteiger partial charge on any atom is -0.490 e. The van der Waals surface area contributed by atoms with Crippen LogP contribution >= 0.6 is 15.9 Å². The van der Waals surface area contributed by atoms with Crippen LogP contribution < -0.4 is 15.2 Å². The molecule has 1 fully saturated rings. The molecule has 1 aliphatic rings. The summed E-state index contributed by atoms with van der Waals surface area (Å²) in [7, 11) is 0. The lowest BCUT2D eigenvalue weighted by molar-refractivity contribution is 0.291. The lowest BCUT2D eigenvalue weighted by Crippen LogP contribution is -2.28. The van der Waals surface area contributed by atoms with Gasteiger partial charge in [-0.3, -0.25) is 4.90 Å². The first-order valence-corrected chi connectivity index (χ1v) is 8.51. The van der Waals surface area contributed by atoms with E-state index < -0.39 is 0 Å². The minimum absolute atomic E-state index is 0.269. The molecule has 1 aromatic rings. The largest absolute Gasteiger partial charge is 0.490 e. The summed E-state index contributed by atoms with van der Waals surface area (Å²) in [6, 6.07) is 4.42. The Morgan fingerprint density at radius 1 is 1.41 bits per heavy atom. The normalized spacial score (nSPS) is 21.8. The third-order valence-electron chi connectivity index (χ3n) is 3.87. The summed E-state index contributed by atoms with van der Waals surface area (Å²) in [5.74, 6) is 2.05. The lowest BCUT2D eigenvalue weighted by Gasteiger charge is -2.18. The highest BCUT2D eigenvalue weighted by Gasteiger charge is 2.26. The van der Waals surface area contributed by atoms with E-state index in [1.165, 1.54) is 5.56 Å². The first kappa shape index (κ1) is 17.3. The van der Waals surface area contributed by atoms with E-state index in [9.17, 15) is 0 Å². The molecule has 0 saturated carbocycles. The Balaban J connectivity index is 2.16. The van der Waals surface area contributed by atoms with E-state index in [0.717, 1.165) is 35.6 Å². The van der Waals surface area contributed by atoms with Crippen molar-refractivity contribution in [1.82, 2.24) is 4.90 Å². The lowest BCUT2D eigenvalue weighted by atomic mass is 10.1. The first-order valence-electron chi connectivity index (χ1n) is 7.72. The Hall–Kier alpha value is -1.04. The monoisotopic (exact) mass is 368 g/mol.